The van der Waals surface area contributed by atoms with E-state index in [-0.39, 0.29) is 11.8 Å². The zero-order valence-corrected chi connectivity index (χ0v) is 14.8. The van der Waals surface area contributed by atoms with Crippen LogP contribution in [0.4, 0.5) is 0 Å². The lowest BCUT2D eigenvalue weighted by Gasteiger charge is -2.18. The van der Waals surface area contributed by atoms with E-state index >= 15 is 0 Å². The Morgan fingerprint density at radius 3 is 2.08 bits per heavy atom. The summed E-state index contributed by atoms with van der Waals surface area (Å²) < 4.78 is 0. The molecule has 24 heavy (non-hydrogen) atoms. The van der Waals surface area contributed by atoms with Crippen molar-refractivity contribution in [3.8, 4) is 0 Å². The first-order chi connectivity index (χ1) is 11.7. The summed E-state index contributed by atoms with van der Waals surface area (Å²) in [6.07, 6.45) is 2.61. The van der Waals surface area contributed by atoms with Crippen molar-refractivity contribution < 1.29 is 9.90 Å². The van der Waals surface area contributed by atoms with Crippen LogP contribution >= 0.6 is 11.8 Å². The van der Waals surface area contributed by atoms with Gasteiger partial charge < -0.3 is 10.4 Å². The first kappa shape index (κ1) is 18.6. The zero-order valence-electron chi connectivity index (χ0n) is 14.0. The highest BCUT2D eigenvalue weighted by atomic mass is 32.2. The number of carbonyl (C=O) groups excluding carboxylic acids is 1. The molecule has 1 unspecified atom stereocenters. The van der Waals surface area contributed by atoms with E-state index in [2.05, 4.69) is 29.6 Å². The van der Waals surface area contributed by atoms with E-state index in [1.165, 1.54) is 0 Å². The number of thioether (sulfide) groups is 1. The molecule has 2 aromatic carbocycles. The molecule has 128 valence electrons. The molecule has 1 atom stereocenters. The number of rotatable bonds is 9. The third-order valence-corrected chi connectivity index (χ3v) is 4.63. The molecular weight excluding hydrogens is 318 g/mol. The number of hydrogen-bond donors (Lipinski definition) is 2. The minimum atomic E-state index is -0.478. The molecule has 0 aliphatic heterocycles. The molecule has 4 heteroatoms. The third kappa shape index (κ3) is 6.02. The summed E-state index contributed by atoms with van der Waals surface area (Å²) in [5.74, 6) is 0.889. The normalized spacial score (nSPS) is 12.1. The molecule has 0 aliphatic rings. The predicted molar refractivity (Wildman–Crippen MR) is 101 cm³/mol. The Labute approximate surface area is 148 Å². The van der Waals surface area contributed by atoms with Gasteiger partial charge in [0.15, 0.2) is 0 Å². The Morgan fingerprint density at radius 2 is 1.58 bits per heavy atom. The maximum Gasteiger partial charge on any atom is 0.221 e. The van der Waals surface area contributed by atoms with Crippen molar-refractivity contribution in [1.82, 2.24) is 5.32 Å². The monoisotopic (exact) mass is 343 g/mol. The number of hydrogen-bond acceptors (Lipinski definition) is 3. The van der Waals surface area contributed by atoms with Crippen LogP contribution in [0.5, 0.6) is 0 Å². The molecule has 0 aromatic heterocycles. The van der Waals surface area contributed by atoms with Gasteiger partial charge in [-0.25, -0.2) is 0 Å². The van der Waals surface area contributed by atoms with Gasteiger partial charge in [-0.3, -0.25) is 4.79 Å². The van der Waals surface area contributed by atoms with Crippen molar-refractivity contribution in [2.75, 3.05) is 18.6 Å². The fourth-order valence-electron chi connectivity index (χ4n) is 2.64. The second kappa shape index (κ2) is 10.2. The van der Waals surface area contributed by atoms with Gasteiger partial charge in [-0.15, -0.1) is 0 Å². The molecule has 0 saturated carbocycles. The van der Waals surface area contributed by atoms with Crippen molar-refractivity contribution in [1.29, 1.82) is 0 Å². The number of benzene rings is 2. The Morgan fingerprint density at radius 1 is 1.04 bits per heavy atom. The van der Waals surface area contributed by atoms with Crippen molar-refractivity contribution in [3.05, 3.63) is 71.8 Å². The zero-order chi connectivity index (χ0) is 17.2. The molecule has 0 bridgehead atoms. The van der Waals surface area contributed by atoms with Crippen molar-refractivity contribution in [3.63, 3.8) is 0 Å². The largest absolute Gasteiger partial charge is 0.391 e. The van der Waals surface area contributed by atoms with Crippen molar-refractivity contribution >= 4 is 17.7 Å². The topological polar surface area (TPSA) is 49.3 Å². The van der Waals surface area contributed by atoms with E-state index in [0.29, 0.717) is 19.4 Å². The Balaban J connectivity index is 2.00. The average Bonchev–Trinajstić information content (AvgIpc) is 2.64. The highest BCUT2D eigenvalue weighted by molar-refractivity contribution is 7.98. The predicted octanol–water partition coefficient (Wildman–Crippen LogP) is 3.44. The van der Waals surface area contributed by atoms with E-state index in [1.807, 2.05) is 42.7 Å². The summed E-state index contributed by atoms with van der Waals surface area (Å²) in [6.45, 7) is 0.315. The van der Waals surface area contributed by atoms with Crippen molar-refractivity contribution in [2.24, 2.45) is 0 Å². The minimum absolute atomic E-state index is 0.0238. The minimum Gasteiger partial charge on any atom is -0.391 e. The lowest BCUT2D eigenvalue weighted by molar-refractivity contribution is -0.121. The van der Waals surface area contributed by atoms with Crippen LogP contribution < -0.4 is 5.32 Å². The molecule has 0 heterocycles. The van der Waals surface area contributed by atoms with Gasteiger partial charge in [0.1, 0.15) is 0 Å². The smallest absolute Gasteiger partial charge is 0.221 e. The summed E-state index contributed by atoms with van der Waals surface area (Å²) >= 11 is 1.70. The highest BCUT2D eigenvalue weighted by Crippen LogP contribution is 2.27. The number of nitrogens with one attached hydrogen (secondary N) is 1. The molecule has 0 saturated heterocycles. The van der Waals surface area contributed by atoms with Crippen LogP contribution in [0, 0.1) is 0 Å². The summed E-state index contributed by atoms with van der Waals surface area (Å²) in [5, 5.41) is 12.7. The van der Waals surface area contributed by atoms with Crippen LogP contribution in [0.2, 0.25) is 0 Å². The van der Waals surface area contributed by atoms with Gasteiger partial charge in [0.25, 0.3) is 0 Å². The second-order valence-electron chi connectivity index (χ2n) is 5.82. The standard InChI is InChI=1S/C20H25NO2S/c1-24-13-12-18(22)15-21-20(23)14-19(16-8-4-2-5-9-16)17-10-6-3-7-11-17/h2-11,18-19,22H,12-15H2,1H3,(H,21,23). The van der Waals surface area contributed by atoms with Crippen LogP contribution in [0.15, 0.2) is 60.7 Å². The lowest BCUT2D eigenvalue weighted by atomic mass is 9.88. The lowest BCUT2D eigenvalue weighted by Crippen LogP contribution is -2.33. The highest BCUT2D eigenvalue weighted by Gasteiger charge is 2.18. The van der Waals surface area contributed by atoms with E-state index < -0.39 is 6.10 Å². The SMILES string of the molecule is CSCCC(O)CNC(=O)CC(c1ccccc1)c1ccccc1. The second-order valence-corrected chi connectivity index (χ2v) is 6.80. The van der Waals surface area contributed by atoms with Crippen molar-refractivity contribution in [2.45, 2.75) is 24.9 Å². The van der Waals surface area contributed by atoms with E-state index in [9.17, 15) is 9.90 Å². The molecular formula is C20H25NO2S. The van der Waals surface area contributed by atoms with Gasteiger partial charge in [0.2, 0.25) is 5.91 Å². The summed E-state index contributed by atoms with van der Waals surface area (Å²) in [5.41, 5.74) is 2.25. The molecule has 2 rings (SSSR count). The molecule has 0 aliphatic carbocycles. The van der Waals surface area contributed by atoms with Gasteiger partial charge in [0.05, 0.1) is 6.10 Å². The quantitative estimate of drug-likeness (QED) is 0.733. The maximum atomic E-state index is 12.4. The van der Waals surface area contributed by atoms with Crippen LogP contribution in [0.3, 0.4) is 0 Å². The number of aliphatic hydroxyl groups excluding tert-OH is 1. The fourth-order valence-corrected chi connectivity index (χ4v) is 3.15. The van der Waals surface area contributed by atoms with Gasteiger partial charge in [-0.1, -0.05) is 60.7 Å². The molecule has 1 amide bonds. The fraction of sp³-hybridized carbons (Fsp3) is 0.350. The maximum absolute atomic E-state index is 12.4. The van der Waals surface area contributed by atoms with Gasteiger partial charge >= 0.3 is 0 Å². The van der Waals surface area contributed by atoms with Crippen LogP contribution in [0.1, 0.15) is 29.9 Å². The molecule has 0 fully saturated rings. The van der Waals surface area contributed by atoms with Gasteiger partial charge in [0, 0.05) is 18.9 Å². The Hall–Kier alpha value is -1.78. The van der Waals surface area contributed by atoms with E-state index in [0.717, 1.165) is 16.9 Å². The first-order valence-electron chi connectivity index (χ1n) is 8.24. The Bertz CT molecular complexity index is 564. The summed E-state index contributed by atoms with van der Waals surface area (Å²) in [6, 6.07) is 20.2. The van der Waals surface area contributed by atoms with Crippen LogP contribution in [-0.4, -0.2) is 35.7 Å². The molecule has 0 radical (unpaired) electrons. The summed E-state index contributed by atoms with van der Waals surface area (Å²) in [7, 11) is 0. The van der Waals surface area contributed by atoms with Gasteiger partial charge in [-0.2, -0.15) is 11.8 Å². The first-order valence-corrected chi connectivity index (χ1v) is 9.63. The van der Waals surface area contributed by atoms with Gasteiger partial charge in [-0.05, 0) is 29.6 Å². The summed E-state index contributed by atoms with van der Waals surface area (Å²) in [4.78, 5) is 12.4. The van der Waals surface area contributed by atoms with Crippen LogP contribution in [-0.2, 0) is 4.79 Å². The number of carbonyl (C=O) groups is 1. The molecule has 0 spiro atoms. The molecule has 3 nitrogen and oxygen atoms in total. The Kier molecular flexibility index (Phi) is 7.86. The van der Waals surface area contributed by atoms with E-state index in [4.69, 9.17) is 0 Å². The third-order valence-electron chi connectivity index (χ3n) is 3.98. The number of aliphatic hydroxyl groups is 1. The molecule has 2 N–H and O–H groups in total. The average molecular weight is 343 g/mol. The van der Waals surface area contributed by atoms with Crippen LogP contribution in [0.25, 0.3) is 0 Å². The molecule has 2 aromatic rings. The van der Waals surface area contributed by atoms with E-state index in [1.54, 1.807) is 11.8 Å². The number of amides is 1.